The molecule has 1 unspecified atom stereocenters. The van der Waals surface area contributed by atoms with Crippen molar-refractivity contribution in [2.24, 2.45) is 11.7 Å². The van der Waals surface area contributed by atoms with E-state index in [4.69, 9.17) is 5.73 Å². The Morgan fingerprint density at radius 2 is 1.93 bits per heavy atom. The molecule has 0 radical (unpaired) electrons. The molecular formula is C11H13F2NO. The van der Waals surface area contributed by atoms with Crippen LogP contribution < -0.4 is 5.73 Å². The van der Waals surface area contributed by atoms with Gasteiger partial charge in [0.05, 0.1) is 0 Å². The van der Waals surface area contributed by atoms with Gasteiger partial charge in [0.2, 0.25) is 0 Å². The largest absolute Gasteiger partial charge is 0.330 e. The van der Waals surface area contributed by atoms with E-state index in [2.05, 4.69) is 0 Å². The van der Waals surface area contributed by atoms with E-state index in [1.807, 2.05) is 0 Å². The third kappa shape index (κ3) is 2.83. The molecule has 0 saturated carbocycles. The Kier molecular flexibility index (Phi) is 3.91. The summed E-state index contributed by atoms with van der Waals surface area (Å²) in [5.41, 5.74) is 5.12. The Morgan fingerprint density at radius 3 is 2.40 bits per heavy atom. The number of halogens is 2. The van der Waals surface area contributed by atoms with Gasteiger partial charge in [-0.15, -0.1) is 0 Å². The second-order valence-electron chi connectivity index (χ2n) is 3.48. The first-order valence-corrected chi connectivity index (χ1v) is 4.72. The van der Waals surface area contributed by atoms with Crippen molar-refractivity contribution in [3.05, 3.63) is 35.4 Å². The van der Waals surface area contributed by atoms with Gasteiger partial charge in [-0.2, -0.15) is 0 Å². The van der Waals surface area contributed by atoms with Crippen molar-refractivity contribution >= 4 is 5.78 Å². The van der Waals surface area contributed by atoms with E-state index in [1.54, 1.807) is 6.92 Å². The molecule has 15 heavy (non-hydrogen) atoms. The standard InChI is InChI=1S/C11H13F2NO/c1-7(6-14)11(15)5-8-9(12)3-2-4-10(8)13/h2-4,7H,5-6,14H2,1H3. The summed E-state index contributed by atoms with van der Waals surface area (Å²) in [6.07, 6.45) is -0.239. The van der Waals surface area contributed by atoms with Crippen LogP contribution in [0.25, 0.3) is 0 Å². The van der Waals surface area contributed by atoms with Crippen molar-refractivity contribution in [1.29, 1.82) is 0 Å². The van der Waals surface area contributed by atoms with Crippen LogP contribution in [-0.4, -0.2) is 12.3 Å². The maximum Gasteiger partial charge on any atom is 0.141 e. The Hall–Kier alpha value is -1.29. The molecule has 0 amide bonds. The average Bonchev–Trinajstić information content (AvgIpc) is 2.22. The van der Waals surface area contributed by atoms with Gasteiger partial charge in [0.15, 0.2) is 0 Å². The lowest BCUT2D eigenvalue weighted by atomic mass is 9.99. The summed E-state index contributed by atoms with van der Waals surface area (Å²) >= 11 is 0. The van der Waals surface area contributed by atoms with Crippen LogP contribution in [0.3, 0.4) is 0 Å². The molecule has 0 bridgehead atoms. The van der Waals surface area contributed by atoms with E-state index in [1.165, 1.54) is 6.07 Å². The van der Waals surface area contributed by atoms with E-state index in [0.717, 1.165) is 12.1 Å². The van der Waals surface area contributed by atoms with Crippen molar-refractivity contribution in [1.82, 2.24) is 0 Å². The first-order valence-electron chi connectivity index (χ1n) is 4.72. The number of benzene rings is 1. The van der Waals surface area contributed by atoms with E-state index < -0.39 is 11.6 Å². The Labute approximate surface area is 87.1 Å². The fourth-order valence-corrected chi connectivity index (χ4v) is 1.18. The third-order valence-electron chi connectivity index (χ3n) is 2.32. The predicted molar refractivity (Wildman–Crippen MR) is 53.3 cm³/mol. The van der Waals surface area contributed by atoms with E-state index in [9.17, 15) is 13.6 Å². The summed E-state index contributed by atoms with van der Waals surface area (Å²) in [7, 11) is 0. The van der Waals surface area contributed by atoms with Gasteiger partial charge in [0, 0.05) is 24.4 Å². The van der Waals surface area contributed by atoms with Gasteiger partial charge in [-0.1, -0.05) is 13.0 Å². The molecule has 2 nitrogen and oxygen atoms in total. The van der Waals surface area contributed by atoms with Crippen LogP contribution in [0.2, 0.25) is 0 Å². The normalized spacial score (nSPS) is 12.5. The van der Waals surface area contributed by atoms with E-state index in [-0.39, 0.29) is 30.2 Å². The topological polar surface area (TPSA) is 43.1 Å². The number of hydrogen-bond acceptors (Lipinski definition) is 2. The summed E-state index contributed by atoms with van der Waals surface area (Å²) in [4.78, 5) is 11.4. The summed E-state index contributed by atoms with van der Waals surface area (Å²) < 4.78 is 26.3. The molecule has 1 rings (SSSR count). The molecule has 4 heteroatoms. The number of hydrogen-bond donors (Lipinski definition) is 1. The fraction of sp³-hybridized carbons (Fsp3) is 0.364. The monoisotopic (exact) mass is 213 g/mol. The van der Waals surface area contributed by atoms with Crippen molar-refractivity contribution in [3.8, 4) is 0 Å². The zero-order valence-corrected chi connectivity index (χ0v) is 8.47. The van der Waals surface area contributed by atoms with Gasteiger partial charge < -0.3 is 5.73 Å². The van der Waals surface area contributed by atoms with Crippen molar-refractivity contribution in [2.45, 2.75) is 13.3 Å². The van der Waals surface area contributed by atoms with Gasteiger partial charge in [0.1, 0.15) is 17.4 Å². The Bertz CT molecular complexity index is 345. The molecule has 0 heterocycles. The maximum absolute atomic E-state index is 13.2. The molecule has 1 aromatic rings. The van der Waals surface area contributed by atoms with Gasteiger partial charge in [0.25, 0.3) is 0 Å². The quantitative estimate of drug-likeness (QED) is 0.826. The molecule has 0 aliphatic heterocycles. The van der Waals surface area contributed by atoms with Gasteiger partial charge in [-0.3, -0.25) is 4.79 Å². The third-order valence-corrected chi connectivity index (χ3v) is 2.32. The fourth-order valence-electron chi connectivity index (χ4n) is 1.18. The highest BCUT2D eigenvalue weighted by atomic mass is 19.1. The van der Waals surface area contributed by atoms with Crippen LogP contribution >= 0.6 is 0 Å². The SMILES string of the molecule is CC(CN)C(=O)Cc1c(F)cccc1F. The molecule has 0 spiro atoms. The second-order valence-corrected chi connectivity index (χ2v) is 3.48. The molecule has 1 aromatic carbocycles. The van der Waals surface area contributed by atoms with Crippen LogP contribution in [0.4, 0.5) is 8.78 Å². The van der Waals surface area contributed by atoms with Crippen LogP contribution in [0.15, 0.2) is 18.2 Å². The molecule has 1 atom stereocenters. The highest BCUT2D eigenvalue weighted by Gasteiger charge is 2.16. The lowest BCUT2D eigenvalue weighted by Crippen LogP contribution is -2.22. The Morgan fingerprint density at radius 1 is 1.40 bits per heavy atom. The van der Waals surface area contributed by atoms with E-state index in [0.29, 0.717) is 0 Å². The molecular weight excluding hydrogens is 200 g/mol. The van der Waals surface area contributed by atoms with Crippen molar-refractivity contribution < 1.29 is 13.6 Å². The van der Waals surface area contributed by atoms with Gasteiger partial charge in [-0.05, 0) is 12.1 Å². The molecule has 0 saturated heterocycles. The van der Waals surface area contributed by atoms with Crippen LogP contribution in [-0.2, 0) is 11.2 Å². The van der Waals surface area contributed by atoms with Crippen LogP contribution in [0.1, 0.15) is 12.5 Å². The van der Waals surface area contributed by atoms with Gasteiger partial charge >= 0.3 is 0 Å². The number of ketones is 1. The molecule has 0 fully saturated rings. The molecule has 0 aromatic heterocycles. The lowest BCUT2D eigenvalue weighted by Gasteiger charge is -2.08. The zero-order chi connectivity index (χ0) is 11.4. The number of carbonyl (C=O) groups is 1. The average molecular weight is 213 g/mol. The minimum absolute atomic E-state index is 0.178. The zero-order valence-electron chi connectivity index (χ0n) is 8.47. The summed E-state index contributed by atoms with van der Waals surface area (Å²) in [5, 5.41) is 0. The molecule has 2 N–H and O–H groups in total. The molecule has 0 aliphatic rings. The maximum atomic E-state index is 13.2. The van der Waals surface area contributed by atoms with Crippen molar-refractivity contribution in [2.75, 3.05) is 6.54 Å². The minimum Gasteiger partial charge on any atom is -0.330 e. The predicted octanol–water partition coefficient (Wildman–Crippen LogP) is 1.67. The first-order chi connectivity index (χ1) is 7.06. The second kappa shape index (κ2) is 4.98. The number of rotatable bonds is 4. The number of nitrogens with two attached hydrogens (primary N) is 1. The van der Waals surface area contributed by atoms with E-state index >= 15 is 0 Å². The highest BCUT2D eigenvalue weighted by molar-refractivity contribution is 5.83. The van der Waals surface area contributed by atoms with Crippen LogP contribution in [0.5, 0.6) is 0 Å². The van der Waals surface area contributed by atoms with Crippen LogP contribution in [0, 0.1) is 17.6 Å². The number of Topliss-reactive ketones (excluding diaryl/α,β-unsaturated/α-hetero) is 1. The minimum atomic E-state index is -0.687. The highest BCUT2D eigenvalue weighted by Crippen LogP contribution is 2.14. The van der Waals surface area contributed by atoms with Crippen molar-refractivity contribution in [3.63, 3.8) is 0 Å². The first kappa shape index (κ1) is 11.8. The lowest BCUT2D eigenvalue weighted by molar-refractivity contribution is -0.121. The summed E-state index contributed by atoms with van der Waals surface area (Å²) in [6, 6.07) is 3.54. The number of carbonyl (C=O) groups excluding carboxylic acids is 1. The smallest absolute Gasteiger partial charge is 0.141 e. The van der Waals surface area contributed by atoms with Gasteiger partial charge in [-0.25, -0.2) is 8.78 Å². The summed E-state index contributed by atoms with van der Waals surface area (Å²) in [5.74, 6) is -1.99. The molecule has 82 valence electrons. The summed E-state index contributed by atoms with van der Waals surface area (Å²) in [6.45, 7) is 1.83. The Balaban J connectivity index is 2.85. The molecule has 0 aliphatic carbocycles.